The number of methoxy groups -OCH3 is 1. The number of rotatable bonds is 4. The lowest BCUT2D eigenvalue weighted by Crippen LogP contribution is -2.12. The number of nitrogens with zero attached hydrogens (tertiary/aromatic N) is 1. The van der Waals surface area contributed by atoms with Crippen molar-refractivity contribution < 1.29 is 22.8 Å². The number of benzene rings is 2. The molecule has 0 atom stereocenters. The number of allylic oxidation sites excluding steroid dienone is 1. The molecule has 2 aromatic rings. The Morgan fingerprint density at radius 3 is 1.91 bits per heavy atom. The molecule has 0 aliphatic carbocycles. The molecule has 0 aliphatic heterocycles. The second-order valence-corrected chi connectivity index (χ2v) is 4.63. The maximum atomic E-state index is 12.9. The molecule has 23 heavy (non-hydrogen) atoms. The van der Waals surface area contributed by atoms with Crippen LogP contribution in [0.1, 0.15) is 5.56 Å². The quantitative estimate of drug-likeness (QED) is 0.613. The maximum Gasteiger partial charge on any atom is 0.422 e. The molecule has 0 amide bonds. The second kappa shape index (κ2) is 6.51. The summed E-state index contributed by atoms with van der Waals surface area (Å²) < 4.78 is 43.7. The first-order chi connectivity index (χ1) is 10.8. The van der Waals surface area contributed by atoms with Crippen LogP contribution in [0.15, 0.2) is 54.7 Å². The van der Waals surface area contributed by atoms with E-state index in [1.165, 1.54) is 31.4 Å². The predicted molar refractivity (Wildman–Crippen MR) is 79.5 cm³/mol. The molecule has 0 unspecified atom stereocenters. The van der Waals surface area contributed by atoms with Crippen LogP contribution in [0, 0.1) is 10.1 Å². The Balaban J connectivity index is 2.35. The van der Waals surface area contributed by atoms with Gasteiger partial charge in [0.25, 0.3) is 0 Å². The molecular weight excluding hydrogens is 311 g/mol. The van der Waals surface area contributed by atoms with Crippen molar-refractivity contribution in [2.75, 3.05) is 7.11 Å². The number of hydrogen-bond donors (Lipinski definition) is 0. The molecule has 0 bridgehead atoms. The van der Waals surface area contributed by atoms with Gasteiger partial charge in [0.15, 0.2) is 0 Å². The Bertz CT molecular complexity index is 720. The summed E-state index contributed by atoms with van der Waals surface area (Å²) in [5, 5.41) is 10.4. The standard InChI is InChI=1S/C16H12F3NO3/c1-23-14-8-6-12(7-9-14)11-2-4-13(5-3-11)15(10-20(21)22)16(17,18)19/h2-10H,1H3/b15-10-. The van der Waals surface area contributed by atoms with Gasteiger partial charge in [-0.3, -0.25) is 10.1 Å². The minimum atomic E-state index is -4.80. The van der Waals surface area contributed by atoms with Gasteiger partial charge in [-0.1, -0.05) is 36.4 Å². The topological polar surface area (TPSA) is 52.4 Å². The normalized spacial score (nSPS) is 12.1. The van der Waals surface area contributed by atoms with E-state index in [2.05, 4.69) is 0 Å². The zero-order valence-electron chi connectivity index (χ0n) is 12.0. The summed E-state index contributed by atoms with van der Waals surface area (Å²) in [4.78, 5) is 9.28. The van der Waals surface area contributed by atoms with Crippen LogP contribution in [0.4, 0.5) is 13.2 Å². The van der Waals surface area contributed by atoms with Crippen LogP contribution in [-0.2, 0) is 0 Å². The van der Waals surface area contributed by atoms with E-state index in [1.54, 1.807) is 24.3 Å². The SMILES string of the molecule is COc1ccc(-c2ccc(/C(=C/[N+](=O)[O-])C(F)(F)F)cc2)cc1. The third-order valence-corrected chi connectivity index (χ3v) is 3.16. The Hall–Kier alpha value is -2.83. The molecule has 0 fully saturated rings. The molecule has 0 heterocycles. The summed E-state index contributed by atoms with van der Waals surface area (Å²) in [6.45, 7) is 0. The maximum absolute atomic E-state index is 12.9. The number of ether oxygens (including phenoxy) is 1. The summed E-state index contributed by atoms with van der Waals surface area (Å²) in [5.41, 5.74) is -0.0570. The van der Waals surface area contributed by atoms with Gasteiger partial charge in [0.2, 0.25) is 6.20 Å². The Kier molecular flexibility index (Phi) is 4.68. The lowest BCUT2D eigenvalue weighted by molar-refractivity contribution is -0.402. The van der Waals surface area contributed by atoms with Crippen LogP contribution in [0.25, 0.3) is 16.7 Å². The smallest absolute Gasteiger partial charge is 0.422 e. The molecule has 0 radical (unpaired) electrons. The van der Waals surface area contributed by atoms with E-state index < -0.39 is 16.7 Å². The van der Waals surface area contributed by atoms with E-state index in [0.29, 0.717) is 11.3 Å². The highest BCUT2D eigenvalue weighted by atomic mass is 19.4. The third kappa shape index (κ3) is 4.09. The molecule has 0 aliphatic rings. The number of nitro groups is 1. The summed E-state index contributed by atoms with van der Waals surface area (Å²) in [5.74, 6) is 0.665. The van der Waals surface area contributed by atoms with Gasteiger partial charge >= 0.3 is 6.18 Å². The van der Waals surface area contributed by atoms with Crippen molar-refractivity contribution in [3.63, 3.8) is 0 Å². The lowest BCUT2D eigenvalue weighted by Gasteiger charge is -2.10. The van der Waals surface area contributed by atoms with Gasteiger partial charge in [-0.2, -0.15) is 13.2 Å². The number of halogens is 3. The minimum Gasteiger partial charge on any atom is -0.497 e. The van der Waals surface area contributed by atoms with E-state index in [9.17, 15) is 23.3 Å². The van der Waals surface area contributed by atoms with Crippen molar-refractivity contribution in [3.05, 3.63) is 70.4 Å². The van der Waals surface area contributed by atoms with Crippen molar-refractivity contribution in [1.29, 1.82) is 0 Å². The highest BCUT2D eigenvalue weighted by molar-refractivity contribution is 5.72. The molecule has 120 valence electrons. The summed E-state index contributed by atoms with van der Waals surface area (Å²) >= 11 is 0. The molecule has 0 N–H and O–H groups in total. The highest BCUT2D eigenvalue weighted by Gasteiger charge is 2.37. The van der Waals surface area contributed by atoms with Crippen LogP contribution in [0.5, 0.6) is 5.75 Å². The zero-order valence-corrected chi connectivity index (χ0v) is 12.0. The Labute approximate surface area is 130 Å². The van der Waals surface area contributed by atoms with Crippen LogP contribution < -0.4 is 4.74 Å². The first kappa shape index (κ1) is 16.5. The van der Waals surface area contributed by atoms with Crippen molar-refractivity contribution in [3.8, 4) is 16.9 Å². The Morgan fingerprint density at radius 2 is 1.52 bits per heavy atom. The molecule has 0 saturated heterocycles. The van der Waals surface area contributed by atoms with E-state index >= 15 is 0 Å². The molecule has 4 nitrogen and oxygen atoms in total. The predicted octanol–water partition coefficient (Wildman–Crippen LogP) is 4.54. The molecule has 2 rings (SSSR count). The zero-order chi connectivity index (χ0) is 17.0. The molecule has 7 heteroatoms. The molecule has 0 spiro atoms. The average Bonchev–Trinajstić information content (AvgIpc) is 2.52. The fourth-order valence-electron chi connectivity index (χ4n) is 2.04. The van der Waals surface area contributed by atoms with Gasteiger partial charge in [0.05, 0.1) is 12.0 Å². The molecule has 0 saturated carbocycles. The summed E-state index contributed by atoms with van der Waals surface area (Å²) in [6.07, 6.45) is -4.82. The fraction of sp³-hybridized carbons (Fsp3) is 0.125. The van der Waals surface area contributed by atoms with Gasteiger partial charge < -0.3 is 4.74 Å². The van der Waals surface area contributed by atoms with Gasteiger partial charge in [0, 0.05) is 0 Å². The van der Waals surface area contributed by atoms with Crippen molar-refractivity contribution in [2.45, 2.75) is 6.18 Å². The van der Waals surface area contributed by atoms with Gasteiger partial charge in [-0.05, 0) is 28.8 Å². The van der Waals surface area contributed by atoms with Gasteiger partial charge in [-0.25, -0.2) is 0 Å². The Morgan fingerprint density at radius 1 is 1.04 bits per heavy atom. The number of hydrogen-bond acceptors (Lipinski definition) is 3. The van der Waals surface area contributed by atoms with Gasteiger partial charge in [-0.15, -0.1) is 0 Å². The molecular formula is C16H12F3NO3. The molecule has 2 aromatic carbocycles. The van der Waals surface area contributed by atoms with Crippen molar-refractivity contribution in [2.24, 2.45) is 0 Å². The van der Waals surface area contributed by atoms with Crippen LogP contribution in [0.3, 0.4) is 0 Å². The van der Waals surface area contributed by atoms with E-state index in [4.69, 9.17) is 4.74 Å². The van der Waals surface area contributed by atoms with Crippen LogP contribution >= 0.6 is 0 Å². The lowest BCUT2D eigenvalue weighted by atomic mass is 10.0. The first-order valence-electron chi connectivity index (χ1n) is 6.48. The summed E-state index contributed by atoms with van der Waals surface area (Å²) in [6, 6.07) is 12.4. The number of alkyl halides is 3. The highest BCUT2D eigenvalue weighted by Crippen LogP contribution is 2.34. The van der Waals surface area contributed by atoms with Crippen LogP contribution in [0.2, 0.25) is 0 Å². The third-order valence-electron chi connectivity index (χ3n) is 3.16. The van der Waals surface area contributed by atoms with E-state index in [-0.39, 0.29) is 11.8 Å². The van der Waals surface area contributed by atoms with Crippen molar-refractivity contribution >= 4 is 5.57 Å². The monoisotopic (exact) mass is 323 g/mol. The molecule has 0 aromatic heterocycles. The van der Waals surface area contributed by atoms with Crippen LogP contribution in [-0.4, -0.2) is 18.2 Å². The average molecular weight is 323 g/mol. The first-order valence-corrected chi connectivity index (χ1v) is 6.48. The second-order valence-electron chi connectivity index (χ2n) is 4.63. The van der Waals surface area contributed by atoms with E-state index in [1.807, 2.05) is 0 Å². The van der Waals surface area contributed by atoms with E-state index in [0.717, 1.165) is 5.56 Å². The fourth-order valence-corrected chi connectivity index (χ4v) is 2.04. The summed E-state index contributed by atoms with van der Waals surface area (Å²) in [7, 11) is 1.53. The largest absolute Gasteiger partial charge is 0.497 e. The van der Waals surface area contributed by atoms with Crippen molar-refractivity contribution in [1.82, 2.24) is 0 Å². The minimum absolute atomic E-state index is 0.0254. The van der Waals surface area contributed by atoms with Gasteiger partial charge in [0.1, 0.15) is 11.3 Å².